The van der Waals surface area contributed by atoms with Crippen molar-refractivity contribution in [1.29, 1.82) is 0 Å². The minimum Gasteiger partial charge on any atom is -0.494 e. The zero-order chi connectivity index (χ0) is 14.6. The van der Waals surface area contributed by atoms with Crippen LogP contribution >= 0.6 is 12.2 Å². The summed E-state index contributed by atoms with van der Waals surface area (Å²) in [7, 11) is 0. The highest BCUT2D eigenvalue weighted by molar-refractivity contribution is 7.80. The average molecular weight is 292 g/mol. The number of benzene rings is 1. The van der Waals surface area contributed by atoms with Gasteiger partial charge < -0.3 is 15.8 Å². The Balaban J connectivity index is 2.08. The Morgan fingerprint density at radius 3 is 2.45 bits per heavy atom. The van der Waals surface area contributed by atoms with Crippen molar-refractivity contribution in [2.24, 2.45) is 11.1 Å². The number of amides is 1. The van der Waals surface area contributed by atoms with Gasteiger partial charge in [-0.3, -0.25) is 4.79 Å². The molecule has 0 aromatic heterocycles. The molecule has 3 N–H and O–H groups in total. The van der Waals surface area contributed by atoms with E-state index in [1.165, 1.54) is 0 Å². The molecule has 5 heteroatoms. The van der Waals surface area contributed by atoms with Gasteiger partial charge in [0.25, 0.3) is 0 Å². The predicted octanol–water partition coefficient (Wildman–Crippen LogP) is 2.87. The van der Waals surface area contributed by atoms with Gasteiger partial charge in [-0.2, -0.15) is 0 Å². The number of carbonyl (C=O) groups excluding carboxylic acids is 1. The van der Waals surface area contributed by atoms with Crippen LogP contribution in [-0.2, 0) is 4.79 Å². The van der Waals surface area contributed by atoms with Gasteiger partial charge in [0.1, 0.15) is 5.75 Å². The maximum absolute atomic E-state index is 12.5. The molecular weight excluding hydrogens is 272 g/mol. The van der Waals surface area contributed by atoms with Crippen LogP contribution in [0.1, 0.15) is 32.6 Å². The summed E-state index contributed by atoms with van der Waals surface area (Å²) in [6.45, 7) is 2.55. The van der Waals surface area contributed by atoms with Gasteiger partial charge in [0, 0.05) is 5.69 Å². The normalized spacial score (nSPS) is 16.6. The molecule has 1 aliphatic rings. The Morgan fingerprint density at radius 1 is 1.35 bits per heavy atom. The van der Waals surface area contributed by atoms with E-state index in [0.717, 1.165) is 37.1 Å². The Bertz CT molecular complexity index is 493. The van der Waals surface area contributed by atoms with Crippen molar-refractivity contribution in [3.63, 3.8) is 0 Å². The van der Waals surface area contributed by atoms with E-state index in [1.807, 2.05) is 31.2 Å². The summed E-state index contributed by atoms with van der Waals surface area (Å²) in [5.74, 6) is 0.696. The Morgan fingerprint density at radius 2 is 1.95 bits per heavy atom. The van der Waals surface area contributed by atoms with Crippen molar-refractivity contribution in [3.05, 3.63) is 24.3 Å². The molecule has 1 fully saturated rings. The van der Waals surface area contributed by atoms with Crippen molar-refractivity contribution < 1.29 is 9.53 Å². The number of rotatable bonds is 5. The third-order valence-electron chi connectivity index (χ3n) is 3.79. The first-order valence-electron chi connectivity index (χ1n) is 6.93. The fourth-order valence-corrected chi connectivity index (χ4v) is 2.91. The van der Waals surface area contributed by atoms with E-state index in [0.29, 0.717) is 11.6 Å². The lowest BCUT2D eigenvalue weighted by Gasteiger charge is -2.26. The SMILES string of the molecule is CCOc1ccc(NC(=O)C2(C(N)=S)CCCC2)cc1. The monoisotopic (exact) mass is 292 g/mol. The van der Waals surface area contributed by atoms with Gasteiger partial charge in [0.2, 0.25) is 5.91 Å². The summed E-state index contributed by atoms with van der Waals surface area (Å²) in [5, 5.41) is 2.91. The molecule has 1 amide bonds. The molecule has 0 unspecified atom stereocenters. The molecule has 0 heterocycles. The quantitative estimate of drug-likeness (QED) is 0.819. The second-order valence-electron chi connectivity index (χ2n) is 5.06. The Kier molecular flexibility index (Phi) is 4.60. The zero-order valence-electron chi connectivity index (χ0n) is 11.6. The highest BCUT2D eigenvalue weighted by Gasteiger charge is 2.43. The van der Waals surface area contributed by atoms with Gasteiger partial charge >= 0.3 is 0 Å². The highest BCUT2D eigenvalue weighted by Crippen LogP contribution is 2.39. The molecule has 1 aromatic carbocycles. The van der Waals surface area contributed by atoms with Crippen LogP contribution in [0.2, 0.25) is 0 Å². The molecule has 0 saturated heterocycles. The summed E-state index contributed by atoms with van der Waals surface area (Å²) in [6, 6.07) is 7.32. The number of hydrogen-bond donors (Lipinski definition) is 2. The molecule has 0 atom stereocenters. The molecule has 20 heavy (non-hydrogen) atoms. The smallest absolute Gasteiger partial charge is 0.237 e. The third-order valence-corrected chi connectivity index (χ3v) is 4.18. The van der Waals surface area contributed by atoms with Crippen LogP contribution in [0.25, 0.3) is 0 Å². The van der Waals surface area contributed by atoms with Crippen LogP contribution in [0.4, 0.5) is 5.69 Å². The second-order valence-corrected chi connectivity index (χ2v) is 5.50. The van der Waals surface area contributed by atoms with E-state index in [4.69, 9.17) is 22.7 Å². The molecule has 0 spiro atoms. The largest absolute Gasteiger partial charge is 0.494 e. The molecule has 4 nitrogen and oxygen atoms in total. The number of anilines is 1. The first-order valence-corrected chi connectivity index (χ1v) is 7.33. The molecule has 1 aromatic rings. The van der Waals surface area contributed by atoms with Gasteiger partial charge in [-0.05, 0) is 44.0 Å². The first-order chi connectivity index (χ1) is 9.58. The molecule has 1 saturated carbocycles. The molecule has 0 aliphatic heterocycles. The van der Waals surface area contributed by atoms with E-state index in [1.54, 1.807) is 0 Å². The van der Waals surface area contributed by atoms with Crippen LogP contribution in [0.5, 0.6) is 5.75 Å². The van der Waals surface area contributed by atoms with Crippen molar-refractivity contribution in [2.45, 2.75) is 32.6 Å². The van der Waals surface area contributed by atoms with Crippen molar-refractivity contribution in [2.75, 3.05) is 11.9 Å². The average Bonchev–Trinajstić information content (AvgIpc) is 2.92. The van der Waals surface area contributed by atoms with Gasteiger partial charge in [-0.1, -0.05) is 25.1 Å². The summed E-state index contributed by atoms with van der Waals surface area (Å²) < 4.78 is 5.37. The topological polar surface area (TPSA) is 64.3 Å². The molecule has 108 valence electrons. The van der Waals surface area contributed by atoms with Gasteiger partial charge in [0.15, 0.2) is 0 Å². The van der Waals surface area contributed by atoms with Crippen LogP contribution in [0.15, 0.2) is 24.3 Å². The number of ether oxygens (including phenoxy) is 1. The standard InChI is InChI=1S/C15H20N2O2S/c1-2-19-12-7-5-11(6-8-12)17-14(18)15(13(16)20)9-3-4-10-15/h5-8H,2-4,9-10H2,1H3,(H2,16,20)(H,17,18). The van der Waals surface area contributed by atoms with Gasteiger partial charge in [-0.25, -0.2) is 0 Å². The number of carbonyl (C=O) groups is 1. The van der Waals surface area contributed by atoms with Crippen LogP contribution < -0.4 is 15.8 Å². The zero-order valence-corrected chi connectivity index (χ0v) is 12.5. The van der Waals surface area contributed by atoms with Crippen molar-refractivity contribution >= 4 is 28.8 Å². The van der Waals surface area contributed by atoms with E-state index in [-0.39, 0.29) is 5.91 Å². The first kappa shape index (κ1) is 14.8. The third kappa shape index (κ3) is 2.93. The Hall–Kier alpha value is -1.62. The minimum absolute atomic E-state index is 0.0911. The maximum Gasteiger partial charge on any atom is 0.237 e. The summed E-state index contributed by atoms with van der Waals surface area (Å²) in [4.78, 5) is 12.8. The van der Waals surface area contributed by atoms with Crippen LogP contribution in [0, 0.1) is 5.41 Å². The van der Waals surface area contributed by atoms with Gasteiger partial charge in [0.05, 0.1) is 17.0 Å². The lowest BCUT2D eigenvalue weighted by molar-refractivity contribution is -0.122. The molecular formula is C15H20N2O2S. The van der Waals surface area contributed by atoms with Crippen LogP contribution in [0.3, 0.4) is 0 Å². The number of nitrogens with two attached hydrogens (primary N) is 1. The fraction of sp³-hybridized carbons (Fsp3) is 0.467. The Labute approximate surface area is 124 Å². The van der Waals surface area contributed by atoms with Crippen molar-refractivity contribution in [1.82, 2.24) is 0 Å². The summed E-state index contributed by atoms with van der Waals surface area (Å²) in [6.07, 6.45) is 3.47. The van der Waals surface area contributed by atoms with E-state index in [2.05, 4.69) is 5.32 Å². The lowest BCUT2D eigenvalue weighted by atomic mass is 9.85. The molecule has 0 bridgehead atoms. The lowest BCUT2D eigenvalue weighted by Crippen LogP contribution is -2.43. The number of hydrogen-bond acceptors (Lipinski definition) is 3. The van der Waals surface area contributed by atoms with E-state index < -0.39 is 5.41 Å². The number of thiocarbonyl (C=S) groups is 1. The minimum atomic E-state index is -0.673. The summed E-state index contributed by atoms with van der Waals surface area (Å²) >= 11 is 5.11. The maximum atomic E-state index is 12.5. The molecule has 0 radical (unpaired) electrons. The highest BCUT2D eigenvalue weighted by atomic mass is 32.1. The number of nitrogens with one attached hydrogen (secondary N) is 1. The van der Waals surface area contributed by atoms with E-state index in [9.17, 15) is 4.79 Å². The summed E-state index contributed by atoms with van der Waals surface area (Å²) in [5.41, 5.74) is 5.87. The van der Waals surface area contributed by atoms with Gasteiger partial charge in [-0.15, -0.1) is 0 Å². The molecule has 2 rings (SSSR count). The second kappa shape index (κ2) is 6.22. The van der Waals surface area contributed by atoms with E-state index >= 15 is 0 Å². The van der Waals surface area contributed by atoms with Crippen molar-refractivity contribution in [3.8, 4) is 5.75 Å². The fourth-order valence-electron chi connectivity index (χ4n) is 2.62. The van der Waals surface area contributed by atoms with Crippen LogP contribution in [-0.4, -0.2) is 17.5 Å². The predicted molar refractivity (Wildman–Crippen MR) is 83.9 cm³/mol. The molecule has 1 aliphatic carbocycles.